The molecule has 0 aliphatic rings. The van der Waals surface area contributed by atoms with Crippen LogP contribution in [0.1, 0.15) is 12.5 Å². The Balaban J connectivity index is 2.01. The highest BCUT2D eigenvalue weighted by Crippen LogP contribution is 2.35. The van der Waals surface area contributed by atoms with Gasteiger partial charge >= 0.3 is 5.97 Å². The number of nitrogen functional groups attached to an aromatic ring is 1. The van der Waals surface area contributed by atoms with Gasteiger partial charge in [0.25, 0.3) is 0 Å². The number of ether oxygens (including phenoxy) is 2. The lowest BCUT2D eigenvalue weighted by Gasteiger charge is -2.15. The summed E-state index contributed by atoms with van der Waals surface area (Å²) in [7, 11) is 0. The Morgan fingerprint density at radius 1 is 1.30 bits per heavy atom. The maximum absolute atomic E-state index is 13.5. The lowest BCUT2D eigenvalue weighted by molar-refractivity contribution is -0.152. The van der Waals surface area contributed by atoms with Crippen molar-refractivity contribution in [2.75, 3.05) is 5.73 Å². The van der Waals surface area contributed by atoms with Crippen LogP contribution in [0.2, 0.25) is 10.0 Å². The summed E-state index contributed by atoms with van der Waals surface area (Å²) >= 11 is 11.5. The molecule has 0 bridgehead atoms. The van der Waals surface area contributed by atoms with Crippen LogP contribution in [0.15, 0.2) is 30.3 Å². The van der Waals surface area contributed by atoms with Crippen LogP contribution in [-0.4, -0.2) is 17.1 Å². The van der Waals surface area contributed by atoms with Crippen LogP contribution in [-0.2, 0) is 16.1 Å². The van der Waals surface area contributed by atoms with Crippen molar-refractivity contribution < 1.29 is 18.7 Å². The molecule has 0 radical (unpaired) electrons. The van der Waals surface area contributed by atoms with E-state index in [-0.39, 0.29) is 23.2 Å². The molecule has 23 heavy (non-hydrogen) atoms. The molecule has 0 unspecified atom stereocenters. The number of anilines is 1. The van der Waals surface area contributed by atoms with E-state index in [1.807, 2.05) is 30.3 Å². The quantitative estimate of drug-likeness (QED) is 0.652. The van der Waals surface area contributed by atoms with Crippen LogP contribution >= 0.6 is 23.2 Å². The lowest BCUT2D eigenvalue weighted by Crippen LogP contribution is -2.26. The van der Waals surface area contributed by atoms with E-state index in [1.165, 1.54) is 6.92 Å². The Kier molecular flexibility index (Phi) is 5.63. The number of nitrogens with two attached hydrogens (primary N) is 1. The first-order valence-corrected chi connectivity index (χ1v) is 7.33. The number of hydrogen-bond donors (Lipinski definition) is 1. The zero-order valence-electron chi connectivity index (χ0n) is 12.1. The first-order valence-electron chi connectivity index (χ1n) is 6.57. The van der Waals surface area contributed by atoms with Crippen LogP contribution in [0, 0.1) is 5.95 Å². The smallest absolute Gasteiger partial charge is 0.347 e. The van der Waals surface area contributed by atoms with E-state index in [2.05, 4.69) is 4.98 Å². The Morgan fingerprint density at radius 2 is 1.96 bits per heavy atom. The highest BCUT2D eigenvalue weighted by molar-refractivity contribution is 6.39. The van der Waals surface area contributed by atoms with Crippen molar-refractivity contribution in [3.8, 4) is 5.88 Å². The van der Waals surface area contributed by atoms with Gasteiger partial charge in [-0.15, -0.1) is 0 Å². The van der Waals surface area contributed by atoms with Crippen molar-refractivity contribution in [3.63, 3.8) is 0 Å². The van der Waals surface area contributed by atoms with Gasteiger partial charge < -0.3 is 15.2 Å². The lowest BCUT2D eigenvalue weighted by atomic mass is 10.2. The molecule has 0 saturated heterocycles. The summed E-state index contributed by atoms with van der Waals surface area (Å²) in [6, 6.07) is 9.13. The van der Waals surface area contributed by atoms with Gasteiger partial charge in [-0.05, 0) is 12.5 Å². The maximum atomic E-state index is 13.5. The zero-order valence-corrected chi connectivity index (χ0v) is 13.6. The molecule has 1 aromatic carbocycles. The number of halogens is 3. The minimum Gasteiger partial charge on any atom is -0.461 e. The van der Waals surface area contributed by atoms with E-state index < -0.39 is 23.0 Å². The van der Waals surface area contributed by atoms with Crippen LogP contribution < -0.4 is 10.5 Å². The van der Waals surface area contributed by atoms with Gasteiger partial charge in [0.1, 0.15) is 16.7 Å². The average molecular weight is 359 g/mol. The molecule has 2 N–H and O–H groups in total. The summed E-state index contributed by atoms with van der Waals surface area (Å²) in [5.74, 6) is -2.01. The summed E-state index contributed by atoms with van der Waals surface area (Å²) in [5.41, 5.74) is 6.15. The molecule has 0 aliphatic carbocycles. The van der Waals surface area contributed by atoms with E-state index in [1.54, 1.807) is 0 Å². The third-order valence-electron chi connectivity index (χ3n) is 2.89. The molecule has 2 rings (SSSR count). The number of nitrogens with zero attached hydrogens (tertiary/aromatic N) is 1. The molecule has 8 heteroatoms. The van der Waals surface area contributed by atoms with Gasteiger partial charge in [0.15, 0.2) is 6.10 Å². The van der Waals surface area contributed by atoms with Gasteiger partial charge in [0, 0.05) is 0 Å². The van der Waals surface area contributed by atoms with Gasteiger partial charge in [-0.3, -0.25) is 0 Å². The Hall–Kier alpha value is -2.05. The van der Waals surface area contributed by atoms with Gasteiger partial charge in [0.05, 0.1) is 5.69 Å². The number of aromatic nitrogens is 1. The van der Waals surface area contributed by atoms with E-state index >= 15 is 0 Å². The van der Waals surface area contributed by atoms with Crippen molar-refractivity contribution in [1.29, 1.82) is 0 Å². The summed E-state index contributed by atoms with van der Waals surface area (Å²) in [5, 5.41) is -0.569. The Morgan fingerprint density at radius 3 is 2.61 bits per heavy atom. The van der Waals surface area contributed by atoms with E-state index in [9.17, 15) is 9.18 Å². The molecule has 2 aromatic rings. The topological polar surface area (TPSA) is 74.4 Å². The minimum atomic E-state index is -1.05. The molecule has 0 saturated carbocycles. The summed E-state index contributed by atoms with van der Waals surface area (Å²) in [6.45, 7) is 1.51. The second kappa shape index (κ2) is 7.48. The van der Waals surface area contributed by atoms with Gasteiger partial charge in [-0.25, -0.2) is 4.79 Å². The SMILES string of the molecule is C[C@@H](Oc1nc(F)c(Cl)c(N)c1Cl)C(=O)OCc1ccccc1. The number of esters is 1. The molecule has 1 aromatic heterocycles. The second-order valence-electron chi connectivity index (χ2n) is 4.60. The number of rotatable bonds is 5. The first-order chi connectivity index (χ1) is 10.9. The Labute approximate surface area is 142 Å². The minimum absolute atomic E-state index is 0.0889. The van der Waals surface area contributed by atoms with E-state index in [0.29, 0.717) is 0 Å². The first kappa shape index (κ1) is 17.3. The predicted octanol–water partition coefficient (Wildman–Crippen LogP) is 3.62. The van der Waals surface area contributed by atoms with Crippen LogP contribution in [0.5, 0.6) is 5.88 Å². The zero-order chi connectivity index (χ0) is 17.0. The fraction of sp³-hybridized carbons (Fsp3) is 0.200. The fourth-order valence-corrected chi connectivity index (χ4v) is 2.02. The van der Waals surface area contributed by atoms with Crippen molar-refractivity contribution in [3.05, 3.63) is 51.9 Å². The van der Waals surface area contributed by atoms with Crippen molar-refractivity contribution >= 4 is 34.9 Å². The average Bonchev–Trinajstić information content (AvgIpc) is 2.56. The molecule has 0 fully saturated rings. The highest BCUT2D eigenvalue weighted by atomic mass is 35.5. The molecule has 0 spiro atoms. The normalized spacial score (nSPS) is 11.8. The largest absolute Gasteiger partial charge is 0.461 e. The van der Waals surface area contributed by atoms with Crippen molar-refractivity contribution in [2.24, 2.45) is 0 Å². The predicted molar refractivity (Wildman–Crippen MR) is 85.0 cm³/mol. The van der Waals surface area contributed by atoms with Crippen molar-refractivity contribution in [1.82, 2.24) is 4.98 Å². The molecule has 1 atom stereocenters. The third kappa shape index (κ3) is 4.24. The fourth-order valence-electron chi connectivity index (χ4n) is 1.65. The number of carbonyl (C=O) groups excluding carboxylic acids is 1. The molecule has 5 nitrogen and oxygen atoms in total. The number of carbonyl (C=O) groups is 1. The van der Waals surface area contributed by atoms with E-state index in [4.69, 9.17) is 38.4 Å². The van der Waals surface area contributed by atoms with Crippen molar-refractivity contribution in [2.45, 2.75) is 19.6 Å². The maximum Gasteiger partial charge on any atom is 0.347 e. The van der Waals surface area contributed by atoms with Gasteiger partial charge in [0.2, 0.25) is 11.8 Å². The molecule has 1 heterocycles. The third-order valence-corrected chi connectivity index (χ3v) is 3.61. The Bertz CT molecular complexity index is 714. The summed E-state index contributed by atoms with van der Waals surface area (Å²) in [6.07, 6.45) is -1.05. The molecular weight excluding hydrogens is 346 g/mol. The number of benzene rings is 1. The highest BCUT2D eigenvalue weighted by Gasteiger charge is 2.22. The second-order valence-corrected chi connectivity index (χ2v) is 5.36. The van der Waals surface area contributed by atoms with Crippen LogP contribution in [0.25, 0.3) is 0 Å². The molecular formula is C15H13Cl2FN2O3. The molecule has 0 amide bonds. The number of hydrogen-bond acceptors (Lipinski definition) is 5. The van der Waals surface area contributed by atoms with E-state index in [0.717, 1.165) is 5.56 Å². The van der Waals surface area contributed by atoms with Crippen LogP contribution in [0.4, 0.5) is 10.1 Å². The summed E-state index contributed by atoms with van der Waals surface area (Å²) in [4.78, 5) is 15.3. The standard InChI is InChI=1S/C15H13Cl2FN2O3/c1-8(15(21)22-7-9-5-3-2-4-6-9)23-14-11(17)12(19)10(16)13(18)20-14/h2-6,8H,7H2,1H3,(H2,19,20)/t8-/m1/s1. The molecule has 122 valence electrons. The summed E-state index contributed by atoms with van der Waals surface area (Å²) < 4.78 is 23.8. The molecule has 0 aliphatic heterocycles. The van der Waals surface area contributed by atoms with Gasteiger partial charge in [-0.2, -0.15) is 9.37 Å². The monoisotopic (exact) mass is 358 g/mol. The number of pyridine rings is 1. The van der Waals surface area contributed by atoms with Crippen LogP contribution in [0.3, 0.4) is 0 Å². The van der Waals surface area contributed by atoms with Gasteiger partial charge in [-0.1, -0.05) is 53.5 Å².